The van der Waals surface area contributed by atoms with E-state index in [9.17, 15) is 0 Å². The van der Waals surface area contributed by atoms with E-state index in [1.54, 1.807) is 10.4 Å². The molecule has 0 aliphatic heterocycles. The predicted octanol–water partition coefficient (Wildman–Crippen LogP) is 12.3. The van der Waals surface area contributed by atoms with Gasteiger partial charge >= 0.3 is 0 Å². The van der Waals surface area contributed by atoms with Crippen molar-refractivity contribution in [2.75, 3.05) is 0 Å². The van der Waals surface area contributed by atoms with Gasteiger partial charge in [-0.1, -0.05) is 185 Å². The van der Waals surface area contributed by atoms with Crippen molar-refractivity contribution >= 4 is 20.2 Å². The van der Waals surface area contributed by atoms with Crippen LogP contribution in [0.15, 0.2) is 107 Å². The zero-order valence-electron chi connectivity index (χ0n) is 26.4. The lowest BCUT2D eigenvalue weighted by Gasteiger charge is -2.36. The fraction of sp³-hybridized carbons (Fsp3) is 0.333. The first-order chi connectivity index (χ1) is 21.2. The molecule has 1 heteroatoms. The molecule has 0 unspecified atom stereocenters. The Hall–Kier alpha value is -3.42. The van der Waals surface area contributed by atoms with Gasteiger partial charge in [0, 0.05) is 0 Å². The summed E-state index contributed by atoms with van der Waals surface area (Å²) in [5.41, 5.74) is 11.6. The van der Waals surface area contributed by atoms with Crippen LogP contribution in [0.2, 0.25) is 12.1 Å². The van der Waals surface area contributed by atoms with Gasteiger partial charge in [0.05, 0.1) is 0 Å². The fourth-order valence-electron chi connectivity index (χ4n) is 7.77. The maximum Gasteiger partial charge on any atom is 0.109 e. The van der Waals surface area contributed by atoms with Crippen molar-refractivity contribution < 1.29 is 0 Å². The van der Waals surface area contributed by atoms with E-state index >= 15 is 0 Å². The Balaban J connectivity index is 1.45. The topological polar surface area (TPSA) is 0 Å². The minimum Gasteiger partial charge on any atom is -0.0709 e. The molecule has 0 N–H and O–H groups in total. The molecular weight excluding hydrogens is 533 g/mol. The molecule has 0 amide bonds. The van der Waals surface area contributed by atoms with Gasteiger partial charge in [0.15, 0.2) is 0 Å². The molecule has 2 aliphatic rings. The largest absolute Gasteiger partial charge is 0.109 e. The van der Waals surface area contributed by atoms with Crippen LogP contribution >= 0.6 is 0 Å². The Morgan fingerprint density at radius 3 is 1.33 bits per heavy atom. The maximum atomic E-state index is 2.70. The molecule has 0 saturated carbocycles. The molecule has 0 bridgehead atoms. The van der Waals surface area contributed by atoms with E-state index in [4.69, 9.17) is 0 Å². The second-order valence-electron chi connectivity index (χ2n) is 12.9. The molecule has 43 heavy (non-hydrogen) atoms. The van der Waals surface area contributed by atoms with Crippen molar-refractivity contribution in [2.45, 2.75) is 90.1 Å². The van der Waals surface area contributed by atoms with Gasteiger partial charge in [0.1, 0.15) is 8.07 Å². The average Bonchev–Trinajstić information content (AvgIpc) is 3.70. The highest BCUT2D eigenvalue weighted by atomic mass is 28.3. The first kappa shape index (κ1) is 29.6. The van der Waals surface area contributed by atoms with Crippen LogP contribution in [0.5, 0.6) is 0 Å². The molecule has 220 valence electrons. The van der Waals surface area contributed by atoms with Crippen LogP contribution in [0, 0.1) is 0 Å². The first-order valence-corrected chi connectivity index (χ1v) is 19.4. The number of benzene rings is 4. The Kier molecular flexibility index (Phi) is 9.59. The molecule has 0 radical (unpaired) electrons. The van der Waals surface area contributed by atoms with E-state index in [-0.39, 0.29) is 0 Å². The minimum absolute atomic E-state index is 1.14. The van der Waals surface area contributed by atoms with Crippen molar-refractivity contribution in [3.05, 3.63) is 130 Å². The molecule has 4 aromatic carbocycles. The molecule has 4 aromatic rings. The third-order valence-corrected chi connectivity index (χ3v) is 15.6. The van der Waals surface area contributed by atoms with Crippen LogP contribution in [-0.4, -0.2) is 8.07 Å². The molecular formula is C42H48Si. The summed E-state index contributed by atoms with van der Waals surface area (Å²) in [6.45, 7) is 4.69. The summed E-state index contributed by atoms with van der Waals surface area (Å²) in [5.74, 6) is 0. The number of rotatable bonds is 14. The third kappa shape index (κ3) is 6.29. The third-order valence-electron chi connectivity index (χ3n) is 10.1. The first-order valence-electron chi connectivity index (χ1n) is 17.0. The Bertz CT molecular complexity index is 1450. The van der Waals surface area contributed by atoms with E-state index in [0.29, 0.717) is 0 Å². The van der Waals surface area contributed by atoms with Gasteiger partial charge in [0.2, 0.25) is 0 Å². The van der Waals surface area contributed by atoms with Crippen LogP contribution in [0.4, 0.5) is 0 Å². The predicted molar refractivity (Wildman–Crippen MR) is 191 cm³/mol. The van der Waals surface area contributed by atoms with Crippen molar-refractivity contribution in [1.29, 1.82) is 0 Å². The molecule has 0 fully saturated rings. The van der Waals surface area contributed by atoms with Crippen LogP contribution in [0.25, 0.3) is 34.4 Å². The van der Waals surface area contributed by atoms with Crippen molar-refractivity contribution in [3.8, 4) is 22.3 Å². The molecule has 0 aromatic heterocycles. The second-order valence-corrected chi connectivity index (χ2v) is 17.3. The van der Waals surface area contributed by atoms with Crippen molar-refractivity contribution in [3.63, 3.8) is 0 Å². The number of fused-ring (bicyclic) bond motifs is 2. The van der Waals surface area contributed by atoms with E-state index in [2.05, 4.69) is 123 Å². The van der Waals surface area contributed by atoms with Gasteiger partial charge in [-0.15, -0.1) is 0 Å². The van der Waals surface area contributed by atoms with E-state index in [1.807, 2.05) is 0 Å². The number of hydrogen-bond donors (Lipinski definition) is 0. The highest BCUT2D eigenvalue weighted by Crippen LogP contribution is 2.48. The van der Waals surface area contributed by atoms with Crippen LogP contribution in [0.3, 0.4) is 0 Å². The minimum atomic E-state index is -1.95. The van der Waals surface area contributed by atoms with Crippen molar-refractivity contribution in [2.24, 2.45) is 0 Å². The van der Waals surface area contributed by atoms with Gasteiger partial charge in [-0.2, -0.15) is 0 Å². The zero-order chi connectivity index (χ0) is 29.5. The molecule has 0 heterocycles. The SMILES string of the molecule is CCCCCC[Si](CCCCCC)(C1=Cc2c(cccc2-c2ccccc2)C1)C1=Cc2c(cccc2-c2ccccc2)C1. The summed E-state index contributed by atoms with van der Waals surface area (Å²) >= 11 is 0. The number of allylic oxidation sites excluding steroid dienone is 2. The molecule has 0 nitrogen and oxygen atoms in total. The second kappa shape index (κ2) is 13.9. The normalized spacial score (nSPS) is 13.9. The van der Waals surface area contributed by atoms with E-state index in [0.717, 1.165) is 12.8 Å². The fourth-order valence-corrected chi connectivity index (χ4v) is 13.3. The highest BCUT2D eigenvalue weighted by Gasteiger charge is 2.43. The monoisotopic (exact) mass is 580 g/mol. The van der Waals surface area contributed by atoms with Crippen molar-refractivity contribution in [1.82, 2.24) is 0 Å². The molecule has 2 aliphatic carbocycles. The standard InChI is InChI=1S/C42H48Si/c1-3-5-7-15-27-43(28-16-8-6-4-2,37-29-35-23-17-25-39(41(35)31-37)33-19-11-9-12-20-33)38-30-36-24-18-26-40(42(36)32-38)34-21-13-10-14-22-34/h9-14,17-26,31-32H,3-8,15-16,27-30H2,1-2H3. The zero-order valence-corrected chi connectivity index (χ0v) is 27.4. The summed E-state index contributed by atoms with van der Waals surface area (Å²) in [6, 6.07) is 39.0. The molecule has 0 atom stereocenters. The van der Waals surface area contributed by atoms with Gasteiger partial charge in [-0.05, 0) is 69.4 Å². The van der Waals surface area contributed by atoms with E-state index < -0.39 is 8.07 Å². The summed E-state index contributed by atoms with van der Waals surface area (Å²) in [7, 11) is -1.95. The number of unbranched alkanes of at least 4 members (excludes halogenated alkanes) is 6. The molecule has 6 rings (SSSR count). The highest BCUT2D eigenvalue weighted by molar-refractivity contribution is 6.94. The van der Waals surface area contributed by atoms with Crippen LogP contribution < -0.4 is 0 Å². The lowest BCUT2D eigenvalue weighted by molar-refractivity contribution is 0.681. The Morgan fingerprint density at radius 1 is 0.465 bits per heavy atom. The summed E-state index contributed by atoms with van der Waals surface area (Å²) in [4.78, 5) is 0. The Morgan fingerprint density at radius 2 is 0.907 bits per heavy atom. The van der Waals surface area contributed by atoms with Crippen LogP contribution in [0.1, 0.15) is 87.5 Å². The lowest BCUT2D eigenvalue weighted by Crippen LogP contribution is -2.40. The van der Waals surface area contributed by atoms with Gasteiger partial charge in [-0.25, -0.2) is 0 Å². The average molecular weight is 581 g/mol. The quantitative estimate of drug-likeness (QED) is 0.103. The number of hydrogen-bond acceptors (Lipinski definition) is 0. The lowest BCUT2D eigenvalue weighted by atomic mass is 9.97. The summed E-state index contributed by atoms with van der Waals surface area (Å²) < 4.78 is 0. The van der Waals surface area contributed by atoms with Crippen LogP contribution in [-0.2, 0) is 12.8 Å². The van der Waals surface area contributed by atoms with Gasteiger partial charge in [0.25, 0.3) is 0 Å². The molecule has 0 spiro atoms. The van der Waals surface area contributed by atoms with E-state index in [1.165, 1.54) is 108 Å². The summed E-state index contributed by atoms with van der Waals surface area (Å²) in [6.07, 6.45) is 18.5. The smallest absolute Gasteiger partial charge is 0.0709 e. The van der Waals surface area contributed by atoms with Gasteiger partial charge in [-0.3, -0.25) is 0 Å². The Labute approximate surface area is 261 Å². The van der Waals surface area contributed by atoms with Gasteiger partial charge < -0.3 is 0 Å². The molecule has 0 saturated heterocycles. The maximum absolute atomic E-state index is 2.70. The summed E-state index contributed by atoms with van der Waals surface area (Å²) in [5, 5.41) is 3.61.